The number of methoxy groups -OCH3 is 2. The van der Waals surface area contributed by atoms with Crippen molar-refractivity contribution in [1.29, 1.82) is 0 Å². The van der Waals surface area contributed by atoms with Gasteiger partial charge in [0.05, 0.1) is 26.0 Å². The fourth-order valence-corrected chi connectivity index (χ4v) is 3.95. The molecule has 7 nitrogen and oxygen atoms in total. The van der Waals surface area contributed by atoms with Crippen LogP contribution in [0.5, 0.6) is 11.5 Å². The molecule has 8 heteroatoms. The number of rotatable bonds is 6. The molecule has 166 valence electrons. The van der Waals surface area contributed by atoms with Crippen LogP contribution in [0.3, 0.4) is 0 Å². The van der Waals surface area contributed by atoms with Crippen LogP contribution in [0.2, 0.25) is 0 Å². The summed E-state index contributed by atoms with van der Waals surface area (Å²) in [6.07, 6.45) is 0.547. The van der Waals surface area contributed by atoms with Gasteiger partial charge in [0.15, 0.2) is 10.4 Å². The second kappa shape index (κ2) is 9.08. The highest BCUT2D eigenvalue weighted by Crippen LogP contribution is 2.36. The van der Waals surface area contributed by atoms with E-state index in [1.165, 1.54) is 5.01 Å². The third kappa shape index (κ3) is 4.36. The van der Waals surface area contributed by atoms with Crippen LogP contribution in [0.15, 0.2) is 68.8 Å². The van der Waals surface area contributed by atoms with Gasteiger partial charge in [0, 0.05) is 37.8 Å². The van der Waals surface area contributed by atoms with Crippen LogP contribution in [-0.4, -0.2) is 44.9 Å². The predicted octanol–water partition coefficient (Wildman–Crippen LogP) is 5.12. The summed E-state index contributed by atoms with van der Waals surface area (Å²) in [7, 11) is 7.20. The van der Waals surface area contributed by atoms with E-state index in [1.54, 1.807) is 32.4 Å². The molecule has 1 aliphatic heterocycles. The standard InChI is InChI=1S/C24H24BrN3O4/c1-27(2)17-7-5-15(6-8-17)21-14-20(16-11-18(30-3)13-19(12-16)31-4)26-28(21)24(29)22-9-10-23(25)32-22/h5-13,21H,14H2,1-4H3/t21-/m0/s1. The lowest BCUT2D eigenvalue weighted by Gasteiger charge is -2.22. The van der Waals surface area contributed by atoms with E-state index in [9.17, 15) is 4.79 Å². The molecule has 2 heterocycles. The second-order valence-electron chi connectivity index (χ2n) is 7.61. The van der Waals surface area contributed by atoms with Crippen molar-refractivity contribution >= 4 is 33.2 Å². The zero-order valence-corrected chi connectivity index (χ0v) is 19.9. The van der Waals surface area contributed by atoms with E-state index in [4.69, 9.17) is 19.0 Å². The topological polar surface area (TPSA) is 67.5 Å². The van der Waals surface area contributed by atoms with Crippen LogP contribution in [0, 0.1) is 0 Å². The molecule has 4 rings (SSSR count). The Morgan fingerprint density at radius 2 is 1.72 bits per heavy atom. The first kappa shape index (κ1) is 22.0. The number of carbonyl (C=O) groups is 1. The van der Waals surface area contributed by atoms with E-state index in [-0.39, 0.29) is 17.7 Å². The first-order chi connectivity index (χ1) is 15.4. The lowest BCUT2D eigenvalue weighted by Crippen LogP contribution is -2.26. The van der Waals surface area contributed by atoms with Gasteiger partial charge in [-0.15, -0.1) is 0 Å². The Bertz CT molecular complexity index is 1130. The number of hydrazone groups is 1. The zero-order valence-electron chi connectivity index (χ0n) is 18.3. The molecule has 0 saturated carbocycles. The highest BCUT2D eigenvalue weighted by Gasteiger charge is 2.35. The Hall–Kier alpha value is -3.26. The first-order valence-corrected chi connectivity index (χ1v) is 10.9. The lowest BCUT2D eigenvalue weighted by molar-refractivity contribution is 0.0677. The van der Waals surface area contributed by atoms with Gasteiger partial charge < -0.3 is 18.8 Å². The molecular weight excluding hydrogens is 474 g/mol. The Labute approximate surface area is 195 Å². The number of hydrogen-bond acceptors (Lipinski definition) is 6. The SMILES string of the molecule is COc1cc(OC)cc(C2=NN(C(=O)c3ccc(Br)o3)[C@H](c3ccc(N(C)C)cc3)C2)c1. The van der Waals surface area contributed by atoms with E-state index >= 15 is 0 Å². The van der Waals surface area contributed by atoms with E-state index < -0.39 is 0 Å². The monoisotopic (exact) mass is 497 g/mol. The number of amides is 1. The molecule has 0 saturated heterocycles. The molecule has 1 aliphatic rings. The molecule has 0 unspecified atom stereocenters. The van der Waals surface area contributed by atoms with Crippen LogP contribution >= 0.6 is 15.9 Å². The maximum absolute atomic E-state index is 13.3. The summed E-state index contributed by atoms with van der Waals surface area (Å²) in [6, 6.07) is 16.8. The molecular formula is C24H24BrN3O4. The number of anilines is 1. The number of nitrogens with zero attached hydrogens (tertiary/aromatic N) is 3. The largest absolute Gasteiger partial charge is 0.497 e. The normalized spacial score (nSPS) is 15.5. The second-order valence-corrected chi connectivity index (χ2v) is 8.39. The van der Waals surface area contributed by atoms with Gasteiger partial charge in [0.25, 0.3) is 0 Å². The number of benzene rings is 2. The summed E-state index contributed by atoms with van der Waals surface area (Å²) in [6.45, 7) is 0. The average molecular weight is 498 g/mol. The van der Waals surface area contributed by atoms with Crippen molar-refractivity contribution in [3.63, 3.8) is 0 Å². The maximum atomic E-state index is 13.3. The summed E-state index contributed by atoms with van der Waals surface area (Å²) in [4.78, 5) is 15.3. The van der Waals surface area contributed by atoms with Crippen molar-refractivity contribution < 1.29 is 18.7 Å². The fraction of sp³-hybridized carbons (Fsp3) is 0.250. The summed E-state index contributed by atoms with van der Waals surface area (Å²) < 4.78 is 16.8. The van der Waals surface area contributed by atoms with Crippen molar-refractivity contribution in [3.05, 3.63) is 76.2 Å². The molecule has 1 aromatic heterocycles. The minimum Gasteiger partial charge on any atom is -0.497 e. The lowest BCUT2D eigenvalue weighted by atomic mass is 9.97. The van der Waals surface area contributed by atoms with Crippen LogP contribution in [-0.2, 0) is 0 Å². The molecule has 0 radical (unpaired) electrons. The summed E-state index contributed by atoms with van der Waals surface area (Å²) >= 11 is 3.27. The van der Waals surface area contributed by atoms with Crippen molar-refractivity contribution in [2.24, 2.45) is 5.10 Å². The third-order valence-corrected chi connectivity index (χ3v) is 5.81. The van der Waals surface area contributed by atoms with Crippen LogP contribution < -0.4 is 14.4 Å². The Morgan fingerprint density at radius 3 is 2.25 bits per heavy atom. The predicted molar refractivity (Wildman–Crippen MR) is 127 cm³/mol. The Kier molecular flexibility index (Phi) is 6.23. The smallest absolute Gasteiger partial charge is 0.310 e. The van der Waals surface area contributed by atoms with Crippen LogP contribution in [0.1, 0.15) is 34.1 Å². The minimum atomic E-state index is -0.303. The van der Waals surface area contributed by atoms with Crippen molar-refractivity contribution in [2.45, 2.75) is 12.5 Å². The Morgan fingerprint density at radius 1 is 1.06 bits per heavy atom. The Balaban J connectivity index is 1.74. The van der Waals surface area contributed by atoms with Gasteiger partial charge in [-0.1, -0.05) is 12.1 Å². The zero-order chi connectivity index (χ0) is 22.8. The van der Waals surface area contributed by atoms with E-state index in [0.29, 0.717) is 22.6 Å². The van der Waals surface area contributed by atoms with Crippen LogP contribution in [0.4, 0.5) is 5.69 Å². The van der Waals surface area contributed by atoms with E-state index in [2.05, 4.69) is 15.9 Å². The molecule has 2 aromatic carbocycles. The number of halogens is 1. The van der Waals surface area contributed by atoms with Crippen molar-refractivity contribution in [1.82, 2.24) is 5.01 Å². The van der Waals surface area contributed by atoms with Gasteiger partial charge in [-0.3, -0.25) is 4.79 Å². The molecule has 32 heavy (non-hydrogen) atoms. The molecule has 1 amide bonds. The first-order valence-electron chi connectivity index (χ1n) is 10.1. The molecule has 3 aromatic rings. The molecule has 1 atom stereocenters. The third-order valence-electron chi connectivity index (χ3n) is 5.38. The molecule has 0 N–H and O–H groups in total. The van der Waals surface area contributed by atoms with Crippen LogP contribution in [0.25, 0.3) is 0 Å². The molecule has 0 fully saturated rings. The van der Waals surface area contributed by atoms with Crippen molar-refractivity contribution in [3.8, 4) is 11.5 Å². The highest BCUT2D eigenvalue weighted by atomic mass is 79.9. The maximum Gasteiger partial charge on any atom is 0.310 e. The molecule has 0 spiro atoms. The van der Waals surface area contributed by atoms with E-state index in [1.807, 2.05) is 55.4 Å². The van der Waals surface area contributed by atoms with Crippen molar-refractivity contribution in [2.75, 3.05) is 33.2 Å². The quantitative estimate of drug-likeness (QED) is 0.472. The molecule has 0 bridgehead atoms. The minimum absolute atomic E-state index is 0.222. The highest BCUT2D eigenvalue weighted by molar-refractivity contribution is 9.10. The summed E-state index contributed by atoms with van der Waals surface area (Å²) in [5, 5.41) is 6.21. The van der Waals surface area contributed by atoms with Gasteiger partial charge in [-0.05, 0) is 57.9 Å². The molecule has 0 aliphatic carbocycles. The number of ether oxygens (including phenoxy) is 2. The van der Waals surface area contributed by atoms with Gasteiger partial charge >= 0.3 is 5.91 Å². The summed E-state index contributed by atoms with van der Waals surface area (Å²) in [5.41, 5.74) is 3.68. The number of furan rings is 1. The fourth-order valence-electron chi connectivity index (χ4n) is 3.64. The van der Waals surface area contributed by atoms with Gasteiger partial charge in [-0.25, -0.2) is 5.01 Å². The number of hydrogen-bond donors (Lipinski definition) is 0. The van der Waals surface area contributed by atoms with Gasteiger partial charge in [0.1, 0.15) is 11.5 Å². The number of carbonyl (C=O) groups excluding carboxylic acids is 1. The average Bonchev–Trinajstić information content (AvgIpc) is 3.45. The summed E-state index contributed by atoms with van der Waals surface area (Å²) in [5.74, 6) is 1.24. The van der Waals surface area contributed by atoms with Gasteiger partial charge in [0.2, 0.25) is 0 Å². The van der Waals surface area contributed by atoms with E-state index in [0.717, 1.165) is 22.5 Å². The van der Waals surface area contributed by atoms with Gasteiger partial charge in [-0.2, -0.15) is 5.10 Å².